The van der Waals surface area contributed by atoms with Gasteiger partial charge in [-0.3, -0.25) is 14.4 Å². The number of nitrogens with two attached hydrogens (primary N) is 2. The highest BCUT2D eigenvalue weighted by Gasteiger charge is 2.31. The van der Waals surface area contributed by atoms with E-state index < -0.39 is 30.6 Å². The Morgan fingerprint density at radius 2 is 0.945 bits per heavy atom. The Hall–Kier alpha value is -10.7. The summed E-state index contributed by atoms with van der Waals surface area (Å²) in [6, 6.07) is 52.7. The highest BCUT2D eigenvalue weighted by molar-refractivity contribution is 7.09. The quantitative estimate of drug-likeness (QED) is 0.0173. The Morgan fingerprint density at radius 3 is 1.36 bits per heavy atom. The van der Waals surface area contributed by atoms with Crippen LogP contribution in [0.25, 0.3) is 55.2 Å². The number of halogens is 7. The number of nitrogen functional groups attached to an aromatic ring is 1. The number of alkyl halides is 6. The molecule has 0 aliphatic rings. The Morgan fingerprint density at radius 1 is 0.514 bits per heavy atom. The number of rotatable bonds is 16. The molecule has 6 heterocycles. The monoisotopic (exact) mass is 1570 g/mol. The van der Waals surface area contributed by atoms with Crippen LogP contribution in [0.3, 0.4) is 0 Å². The minimum atomic E-state index is -4.32. The van der Waals surface area contributed by atoms with E-state index >= 15 is 0 Å². The summed E-state index contributed by atoms with van der Waals surface area (Å²) in [5.74, 6) is 3.68. The lowest BCUT2D eigenvalue weighted by molar-refractivity contribution is -0.138. The van der Waals surface area contributed by atoms with Crippen LogP contribution in [0.5, 0.6) is 28.7 Å². The first-order chi connectivity index (χ1) is 50.4. The topological polar surface area (TPSA) is 253 Å². The predicted molar refractivity (Wildman–Crippen MR) is 434 cm³/mol. The lowest BCUT2D eigenvalue weighted by Crippen LogP contribution is -2.27. The number of ether oxygens (including phenoxy) is 5. The van der Waals surface area contributed by atoms with Gasteiger partial charge in [0.2, 0.25) is 5.91 Å². The highest BCUT2D eigenvalue weighted by Crippen LogP contribution is 2.34. The van der Waals surface area contributed by atoms with Gasteiger partial charge in [-0.2, -0.15) is 60.4 Å². The molecule has 6 aromatic heterocycles. The maximum absolute atomic E-state index is 12.7. The van der Waals surface area contributed by atoms with Crippen LogP contribution in [0.15, 0.2) is 220 Å². The van der Waals surface area contributed by atoms with Crippen molar-refractivity contribution >= 4 is 121 Å². The summed E-state index contributed by atoms with van der Waals surface area (Å²) in [6.45, 7) is 2.74. The van der Waals surface area contributed by atoms with Crippen LogP contribution in [0.2, 0.25) is 5.15 Å². The van der Waals surface area contributed by atoms with E-state index in [-0.39, 0.29) is 47.3 Å². The predicted octanol–water partition coefficient (Wildman–Crippen LogP) is 19.8. The van der Waals surface area contributed by atoms with Crippen molar-refractivity contribution in [3.8, 4) is 51.3 Å². The number of benzene rings is 7. The number of methoxy groups -OCH3 is 5. The third-order valence-corrected chi connectivity index (χ3v) is 17.1. The molecular weight excluding hydrogens is 1490 g/mol. The second kappa shape index (κ2) is 45.8. The molecule has 0 unspecified atom stereocenters. The summed E-state index contributed by atoms with van der Waals surface area (Å²) >= 11 is 10.5. The summed E-state index contributed by atoms with van der Waals surface area (Å²) in [6.07, 6.45) is -7.03. The van der Waals surface area contributed by atoms with E-state index in [1.54, 1.807) is 99.3 Å². The van der Waals surface area contributed by atoms with E-state index in [0.717, 1.165) is 126 Å². The molecule has 0 saturated carbocycles. The smallest absolute Gasteiger partial charge is 0.489 e. The van der Waals surface area contributed by atoms with Gasteiger partial charge in [-0.1, -0.05) is 83.8 Å². The van der Waals surface area contributed by atoms with Gasteiger partial charge in [0, 0.05) is 112 Å². The van der Waals surface area contributed by atoms with E-state index in [2.05, 4.69) is 26.7 Å². The molecule has 13 rings (SSSR count). The summed E-state index contributed by atoms with van der Waals surface area (Å²) in [4.78, 5) is 46.1. The van der Waals surface area contributed by atoms with Crippen molar-refractivity contribution in [2.24, 2.45) is 5.73 Å². The van der Waals surface area contributed by atoms with Gasteiger partial charge >= 0.3 is 19.5 Å². The maximum Gasteiger partial charge on any atom is 0.489 e. The van der Waals surface area contributed by atoms with Crippen molar-refractivity contribution < 1.29 is 74.5 Å². The zero-order chi connectivity index (χ0) is 76.1. The third-order valence-electron chi connectivity index (χ3n) is 14.8. The number of nitrogens with zero attached hydrogens (tertiary/aromatic N) is 3. The van der Waals surface area contributed by atoms with Gasteiger partial charge in [-0.25, -0.2) is 15.0 Å². The molecule has 576 valence electrons. The van der Waals surface area contributed by atoms with Crippen molar-refractivity contribution in [2.75, 3.05) is 46.6 Å². The first-order valence-corrected chi connectivity index (χ1v) is 34.6. The number of fused-ring (bicyclic) bond motifs is 3. The Kier molecular flexibility index (Phi) is 38.9. The molecule has 28 heteroatoms. The van der Waals surface area contributed by atoms with Crippen LogP contribution in [-0.2, 0) is 36.8 Å². The van der Waals surface area contributed by atoms with E-state index in [4.69, 9.17) is 61.8 Å². The number of aldehydes is 2. The van der Waals surface area contributed by atoms with Crippen LogP contribution in [0, 0.1) is 0 Å². The van der Waals surface area contributed by atoms with Crippen molar-refractivity contribution in [3.05, 3.63) is 264 Å². The largest absolute Gasteiger partial charge is 0.497 e. The van der Waals surface area contributed by atoms with E-state index in [0.29, 0.717) is 52.8 Å². The van der Waals surface area contributed by atoms with Crippen LogP contribution < -0.4 is 51.2 Å². The zero-order valence-corrected chi connectivity index (χ0v) is 60.4. The Bertz CT molecular complexity index is 4900. The number of hydrogen-bond donors (Lipinski definition) is 6. The standard InChI is InChI=1S/C23H19F3N2OS.C15H11NO2S.C11H8ClNO2.C9H11NO2.C8H8F3N.C7H9NO.C4H5BO2S.4CH4/c1-29-20-7-4-16-10-18(22(28-21(16)11-20)17-8-9-30-14-17)13-27-12-15-2-5-19(6-3-15)23(24,25)26;1-18-13-3-2-10-6-12(8-17)15(16-14(10)7-13)11-4-5-19-9-11;1-15-9-3-2-7-4-8(6-14)11(12)13-10(7)5-9;1-7(11)10-8-4-3-5-9(6-8)12-2;9-8(10,11)7-3-1-6(5-12)2-4-7;1-9-7-4-2-3-6(8)5-7;6-5(7)4-1-2-8-3-4;;;;/h2-11,14,27H,12-13H2,1H3;2-9H,1H3;2-6H,1H3;3-6H,1-2H3,(H,10,11);1-4H,5,12H2;2-5H,8H2,1H3;1-3,6-7H;4*1H4. The second-order valence-electron chi connectivity index (χ2n) is 22.0. The average molecular weight is 1580 g/mol. The van der Waals surface area contributed by atoms with E-state index in [9.17, 15) is 40.7 Å². The molecule has 0 radical (unpaired) electrons. The highest BCUT2D eigenvalue weighted by atomic mass is 35.5. The molecule has 13 aromatic rings. The summed E-state index contributed by atoms with van der Waals surface area (Å²) < 4.78 is 99.6. The van der Waals surface area contributed by atoms with Crippen LogP contribution in [0.1, 0.15) is 85.2 Å². The number of amides is 1. The lowest BCUT2D eigenvalue weighted by atomic mass is 9.83. The summed E-state index contributed by atoms with van der Waals surface area (Å²) in [7, 11) is 6.74. The third kappa shape index (κ3) is 28.7. The van der Waals surface area contributed by atoms with E-state index in [1.165, 1.54) is 42.5 Å². The van der Waals surface area contributed by atoms with Gasteiger partial charge in [-0.05, 0) is 159 Å². The van der Waals surface area contributed by atoms with Gasteiger partial charge in [-0.15, -0.1) is 0 Å². The lowest BCUT2D eigenvalue weighted by Gasteiger charge is -2.12. The molecule has 1 amide bonds. The maximum atomic E-state index is 12.7. The van der Waals surface area contributed by atoms with Crippen molar-refractivity contribution in [3.63, 3.8) is 0 Å². The molecule has 7 aromatic carbocycles. The Labute approximate surface area is 648 Å². The summed E-state index contributed by atoms with van der Waals surface area (Å²) in [5, 5.41) is 37.5. The molecule has 109 heavy (non-hydrogen) atoms. The molecule has 0 spiro atoms. The molecule has 0 fully saturated rings. The van der Waals surface area contributed by atoms with Crippen LogP contribution >= 0.6 is 45.6 Å². The Balaban J connectivity index is 0.000000344. The minimum absolute atomic E-state index is 0. The second-order valence-corrected chi connectivity index (χ2v) is 24.7. The number of pyridine rings is 3. The number of carbonyl (C=O) groups excluding carboxylic acids is 3. The molecular formula is C81H87BClF6N7O10S3. The number of thiophene rings is 3. The minimum Gasteiger partial charge on any atom is -0.497 e. The first-order valence-electron chi connectivity index (χ1n) is 31.4. The number of anilines is 2. The van der Waals surface area contributed by atoms with Gasteiger partial charge < -0.3 is 55.8 Å². The number of nitrogens with one attached hydrogen (secondary N) is 2. The van der Waals surface area contributed by atoms with Crippen molar-refractivity contribution in [2.45, 2.75) is 68.6 Å². The molecule has 17 nitrogen and oxygen atoms in total. The fraction of sp³-hybridized carbons (Fsp3) is 0.185. The summed E-state index contributed by atoms with van der Waals surface area (Å²) in [5.41, 5.74) is 21.0. The van der Waals surface area contributed by atoms with Crippen molar-refractivity contribution in [1.82, 2.24) is 20.3 Å². The van der Waals surface area contributed by atoms with Gasteiger partial charge in [0.25, 0.3) is 0 Å². The van der Waals surface area contributed by atoms with Gasteiger partial charge in [0.05, 0.1) is 80.2 Å². The number of aromatic nitrogens is 3. The van der Waals surface area contributed by atoms with Crippen LogP contribution in [-0.4, -0.2) is 86.1 Å². The fourth-order valence-corrected chi connectivity index (χ4v) is 11.6. The molecule has 0 atom stereocenters. The zero-order valence-electron chi connectivity index (χ0n) is 57.2. The number of hydrogen-bond acceptors (Lipinski definition) is 19. The number of carbonyl (C=O) groups is 3. The molecule has 0 aliphatic carbocycles. The first kappa shape index (κ1) is 92.5. The fourth-order valence-electron chi connectivity index (χ4n) is 9.41. The van der Waals surface area contributed by atoms with Crippen LogP contribution in [0.4, 0.5) is 37.7 Å². The van der Waals surface area contributed by atoms with Gasteiger partial charge in [0.15, 0.2) is 12.6 Å². The SMILES string of the molecule is C.C.C.C.COc1ccc2cc(C=O)c(-c3ccsc3)nc2c1.COc1ccc2cc(C=O)c(Cl)nc2c1.COc1ccc2cc(CNCc3ccc(C(F)(F)F)cc3)c(-c3ccsc3)nc2c1.COc1cccc(N)c1.COc1cccc(NC(C)=O)c1.NCc1ccc(C(F)(F)F)cc1.OB(O)c1ccsc1. The van der Waals surface area contributed by atoms with E-state index in [1.807, 2.05) is 125 Å². The van der Waals surface area contributed by atoms with Crippen molar-refractivity contribution in [1.29, 1.82) is 0 Å². The van der Waals surface area contributed by atoms with Gasteiger partial charge in [0.1, 0.15) is 33.9 Å². The normalized spacial score (nSPS) is 10.2. The molecule has 8 N–H and O–H groups in total. The molecule has 0 aliphatic heterocycles. The molecule has 0 bridgehead atoms. The molecule has 0 saturated heterocycles. The average Bonchev–Trinajstić information content (AvgIpc) is 1.76.